The van der Waals surface area contributed by atoms with Crippen molar-refractivity contribution in [3.05, 3.63) is 53.6 Å². The van der Waals surface area contributed by atoms with Crippen LogP contribution in [0.25, 0.3) is 11.1 Å². The van der Waals surface area contributed by atoms with Crippen molar-refractivity contribution in [2.24, 2.45) is 0 Å². The molecule has 2 aromatic carbocycles. The molecule has 16 heavy (non-hydrogen) atoms. The molecule has 0 saturated heterocycles. The molecule has 0 aliphatic carbocycles. The molecular formula is C14H14ClN. The highest BCUT2D eigenvalue weighted by Crippen LogP contribution is 2.30. The molecule has 0 heterocycles. The third-order valence-corrected chi connectivity index (χ3v) is 2.67. The summed E-state index contributed by atoms with van der Waals surface area (Å²) in [6.07, 6.45) is 0. The largest absolute Gasteiger partial charge is 0.385 e. The SMILES string of the molecule is CCNc1cc(Cl)ccc1-c1ccccc1. The van der Waals surface area contributed by atoms with Gasteiger partial charge in [-0.15, -0.1) is 0 Å². The molecule has 1 N–H and O–H groups in total. The van der Waals surface area contributed by atoms with Gasteiger partial charge in [0.15, 0.2) is 0 Å². The molecule has 82 valence electrons. The normalized spacial score (nSPS) is 10.1. The summed E-state index contributed by atoms with van der Waals surface area (Å²) in [7, 11) is 0. The first-order valence-electron chi connectivity index (χ1n) is 5.40. The van der Waals surface area contributed by atoms with Crippen molar-refractivity contribution in [3.8, 4) is 11.1 Å². The molecule has 0 aliphatic heterocycles. The van der Waals surface area contributed by atoms with Crippen LogP contribution in [0.15, 0.2) is 48.5 Å². The van der Waals surface area contributed by atoms with Crippen molar-refractivity contribution in [2.75, 3.05) is 11.9 Å². The lowest BCUT2D eigenvalue weighted by Gasteiger charge is -2.11. The summed E-state index contributed by atoms with van der Waals surface area (Å²) in [5.74, 6) is 0. The molecule has 0 unspecified atom stereocenters. The lowest BCUT2D eigenvalue weighted by atomic mass is 10.0. The highest BCUT2D eigenvalue weighted by atomic mass is 35.5. The quantitative estimate of drug-likeness (QED) is 0.824. The van der Waals surface area contributed by atoms with Crippen molar-refractivity contribution in [1.29, 1.82) is 0 Å². The predicted molar refractivity (Wildman–Crippen MR) is 71.1 cm³/mol. The van der Waals surface area contributed by atoms with Gasteiger partial charge < -0.3 is 5.32 Å². The molecule has 0 atom stereocenters. The van der Waals surface area contributed by atoms with E-state index in [-0.39, 0.29) is 0 Å². The number of nitrogens with one attached hydrogen (secondary N) is 1. The molecule has 0 bridgehead atoms. The summed E-state index contributed by atoms with van der Waals surface area (Å²) < 4.78 is 0. The molecule has 0 aliphatic rings. The Bertz CT molecular complexity index is 465. The molecule has 0 radical (unpaired) electrons. The molecule has 0 amide bonds. The van der Waals surface area contributed by atoms with Crippen LogP contribution >= 0.6 is 11.6 Å². The lowest BCUT2D eigenvalue weighted by molar-refractivity contribution is 1.21. The molecule has 2 aromatic rings. The highest BCUT2D eigenvalue weighted by molar-refractivity contribution is 6.31. The first-order chi connectivity index (χ1) is 7.81. The van der Waals surface area contributed by atoms with E-state index in [2.05, 4.69) is 30.4 Å². The minimum atomic E-state index is 0.760. The number of anilines is 1. The zero-order valence-electron chi connectivity index (χ0n) is 9.20. The Kier molecular flexibility index (Phi) is 3.47. The number of benzene rings is 2. The van der Waals surface area contributed by atoms with Gasteiger partial charge in [0.2, 0.25) is 0 Å². The predicted octanol–water partition coefficient (Wildman–Crippen LogP) is 4.44. The standard InChI is InChI=1S/C14H14ClN/c1-2-16-14-10-12(15)8-9-13(14)11-6-4-3-5-7-11/h3-10,16H,2H2,1H3. The van der Waals surface area contributed by atoms with Crippen LogP contribution in [0.1, 0.15) is 6.92 Å². The van der Waals surface area contributed by atoms with Crippen LogP contribution in [0, 0.1) is 0 Å². The Morgan fingerprint density at radius 3 is 2.50 bits per heavy atom. The van der Waals surface area contributed by atoms with Gasteiger partial charge in [0.05, 0.1) is 0 Å². The molecular weight excluding hydrogens is 218 g/mol. The molecule has 0 saturated carbocycles. The van der Waals surface area contributed by atoms with E-state index < -0.39 is 0 Å². The zero-order chi connectivity index (χ0) is 11.4. The molecule has 0 fully saturated rings. The van der Waals surface area contributed by atoms with Gasteiger partial charge in [-0.05, 0) is 24.6 Å². The minimum absolute atomic E-state index is 0.760. The summed E-state index contributed by atoms with van der Waals surface area (Å²) in [5.41, 5.74) is 3.48. The summed E-state index contributed by atoms with van der Waals surface area (Å²) in [4.78, 5) is 0. The van der Waals surface area contributed by atoms with Gasteiger partial charge >= 0.3 is 0 Å². The first-order valence-corrected chi connectivity index (χ1v) is 5.78. The monoisotopic (exact) mass is 231 g/mol. The van der Waals surface area contributed by atoms with Gasteiger partial charge in [-0.2, -0.15) is 0 Å². The fourth-order valence-electron chi connectivity index (χ4n) is 1.72. The maximum atomic E-state index is 6.00. The molecule has 2 rings (SSSR count). The fraction of sp³-hybridized carbons (Fsp3) is 0.143. The van der Waals surface area contributed by atoms with Gasteiger partial charge in [0, 0.05) is 22.8 Å². The van der Waals surface area contributed by atoms with Crippen LogP contribution in [-0.2, 0) is 0 Å². The summed E-state index contributed by atoms with van der Waals surface area (Å²) in [5, 5.41) is 4.09. The number of rotatable bonds is 3. The Labute approximate surface area is 101 Å². The van der Waals surface area contributed by atoms with Gasteiger partial charge in [0.25, 0.3) is 0 Å². The van der Waals surface area contributed by atoms with Crippen molar-refractivity contribution in [1.82, 2.24) is 0 Å². The highest BCUT2D eigenvalue weighted by Gasteiger charge is 2.04. The van der Waals surface area contributed by atoms with Gasteiger partial charge in [0.1, 0.15) is 0 Å². The van der Waals surface area contributed by atoms with Gasteiger partial charge in [-0.25, -0.2) is 0 Å². The second-order valence-corrected chi connectivity index (χ2v) is 4.02. The maximum Gasteiger partial charge on any atom is 0.0434 e. The van der Waals surface area contributed by atoms with E-state index in [0.717, 1.165) is 17.3 Å². The molecule has 0 spiro atoms. The topological polar surface area (TPSA) is 12.0 Å². The van der Waals surface area contributed by atoms with Crippen LogP contribution < -0.4 is 5.32 Å². The van der Waals surface area contributed by atoms with E-state index in [0.29, 0.717) is 0 Å². The summed E-state index contributed by atoms with van der Waals surface area (Å²) in [6, 6.07) is 16.2. The number of hydrogen-bond donors (Lipinski definition) is 1. The van der Waals surface area contributed by atoms with Gasteiger partial charge in [-0.1, -0.05) is 48.0 Å². The third kappa shape index (κ3) is 2.37. The summed E-state index contributed by atoms with van der Waals surface area (Å²) >= 11 is 6.00. The average molecular weight is 232 g/mol. The van der Waals surface area contributed by atoms with E-state index in [9.17, 15) is 0 Å². The van der Waals surface area contributed by atoms with E-state index >= 15 is 0 Å². The fourth-order valence-corrected chi connectivity index (χ4v) is 1.89. The Hall–Kier alpha value is -1.47. The Morgan fingerprint density at radius 2 is 1.81 bits per heavy atom. The zero-order valence-corrected chi connectivity index (χ0v) is 9.96. The second-order valence-electron chi connectivity index (χ2n) is 3.59. The third-order valence-electron chi connectivity index (χ3n) is 2.43. The molecule has 0 aromatic heterocycles. The Balaban J connectivity index is 2.48. The smallest absolute Gasteiger partial charge is 0.0434 e. The average Bonchev–Trinajstić information content (AvgIpc) is 2.31. The molecule has 1 nitrogen and oxygen atoms in total. The maximum absolute atomic E-state index is 6.00. The second kappa shape index (κ2) is 5.04. The van der Waals surface area contributed by atoms with E-state index in [1.54, 1.807) is 0 Å². The van der Waals surface area contributed by atoms with E-state index in [1.807, 2.05) is 30.3 Å². The number of hydrogen-bond acceptors (Lipinski definition) is 1. The van der Waals surface area contributed by atoms with Crippen LogP contribution in [0.4, 0.5) is 5.69 Å². The lowest BCUT2D eigenvalue weighted by Crippen LogP contribution is -1.98. The Morgan fingerprint density at radius 1 is 1.06 bits per heavy atom. The minimum Gasteiger partial charge on any atom is -0.385 e. The van der Waals surface area contributed by atoms with E-state index in [1.165, 1.54) is 11.1 Å². The van der Waals surface area contributed by atoms with Crippen LogP contribution in [0.5, 0.6) is 0 Å². The van der Waals surface area contributed by atoms with Crippen LogP contribution in [0.2, 0.25) is 5.02 Å². The van der Waals surface area contributed by atoms with Crippen LogP contribution in [0.3, 0.4) is 0 Å². The van der Waals surface area contributed by atoms with Crippen molar-refractivity contribution in [2.45, 2.75) is 6.92 Å². The van der Waals surface area contributed by atoms with Crippen molar-refractivity contribution in [3.63, 3.8) is 0 Å². The first kappa shape index (κ1) is 11.0. The number of halogens is 1. The van der Waals surface area contributed by atoms with Crippen molar-refractivity contribution < 1.29 is 0 Å². The van der Waals surface area contributed by atoms with Gasteiger partial charge in [-0.3, -0.25) is 0 Å². The summed E-state index contributed by atoms with van der Waals surface area (Å²) in [6.45, 7) is 2.97. The van der Waals surface area contributed by atoms with E-state index in [4.69, 9.17) is 11.6 Å². The van der Waals surface area contributed by atoms with Crippen molar-refractivity contribution >= 4 is 17.3 Å². The molecule has 2 heteroatoms. The van der Waals surface area contributed by atoms with Crippen LogP contribution in [-0.4, -0.2) is 6.54 Å².